The number of methoxy groups -OCH3 is 1. The zero-order valence-corrected chi connectivity index (χ0v) is 16.5. The lowest BCUT2D eigenvalue weighted by Crippen LogP contribution is -2.64. The minimum atomic E-state index is -0.494. The molecule has 2 atom stereocenters. The minimum Gasteiger partial charge on any atom is -0.465 e. The highest BCUT2D eigenvalue weighted by molar-refractivity contribution is 5.89. The Morgan fingerprint density at radius 1 is 1.14 bits per heavy atom. The van der Waals surface area contributed by atoms with Crippen molar-refractivity contribution in [2.75, 3.05) is 7.11 Å². The summed E-state index contributed by atoms with van der Waals surface area (Å²) in [6, 6.07) is 6.95. The fourth-order valence-electron chi connectivity index (χ4n) is 6.23. The Balaban J connectivity index is 1.48. The van der Waals surface area contributed by atoms with Gasteiger partial charge in [0.05, 0.1) is 18.1 Å². The summed E-state index contributed by atoms with van der Waals surface area (Å²) in [6.07, 6.45) is 5.47. The first-order chi connectivity index (χ1) is 13.3. The summed E-state index contributed by atoms with van der Waals surface area (Å²) < 4.78 is 10.5. The molecule has 4 fully saturated rings. The number of amides is 1. The monoisotopic (exact) mass is 385 g/mol. The Bertz CT molecular complexity index is 803. The van der Waals surface area contributed by atoms with Gasteiger partial charge >= 0.3 is 11.9 Å². The largest absolute Gasteiger partial charge is 0.465 e. The summed E-state index contributed by atoms with van der Waals surface area (Å²) in [5.74, 6) is 0.350. The molecular weight excluding hydrogens is 358 g/mol. The van der Waals surface area contributed by atoms with Gasteiger partial charge < -0.3 is 14.8 Å². The number of nitrogens with one attached hydrogen (secondary N) is 1. The third-order valence-corrected chi connectivity index (χ3v) is 6.65. The summed E-state index contributed by atoms with van der Waals surface area (Å²) in [6.45, 7) is 1.69. The highest BCUT2D eigenvalue weighted by atomic mass is 16.5. The average molecular weight is 385 g/mol. The molecular formula is C22H27NO5. The topological polar surface area (TPSA) is 81.7 Å². The predicted molar refractivity (Wildman–Crippen MR) is 101 cm³/mol. The van der Waals surface area contributed by atoms with Crippen LogP contribution in [0, 0.1) is 17.3 Å². The zero-order chi connectivity index (χ0) is 19.9. The molecule has 0 aromatic heterocycles. The van der Waals surface area contributed by atoms with E-state index in [4.69, 9.17) is 9.47 Å². The fourth-order valence-corrected chi connectivity index (χ4v) is 6.23. The Labute approximate surface area is 165 Å². The van der Waals surface area contributed by atoms with Gasteiger partial charge in [0.15, 0.2) is 0 Å². The lowest BCUT2D eigenvalue weighted by molar-refractivity contribution is -0.177. The first-order valence-electron chi connectivity index (χ1n) is 9.96. The predicted octanol–water partition coefficient (Wildman–Crippen LogP) is 2.99. The zero-order valence-electron chi connectivity index (χ0n) is 16.5. The second-order valence-corrected chi connectivity index (χ2v) is 8.97. The van der Waals surface area contributed by atoms with Crippen molar-refractivity contribution < 1.29 is 23.9 Å². The van der Waals surface area contributed by atoms with Crippen molar-refractivity contribution in [2.24, 2.45) is 17.3 Å². The number of benzene rings is 1. The number of esters is 2. The van der Waals surface area contributed by atoms with Crippen molar-refractivity contribution in [3.05, 3.63) is 35.4 Å². The fraction of sp³-hybridized carbons (Fsp3) is 0.591. The molecule has 1 N–H and O–H groups in total. The molecule has 0 unspecified atom stereocenters. The van der Waals surface area contributed by atoms with E-state index in [0.717, 1.165) is 37.7 Å². The summed E-state index contributed by atoms with van der Waals surface area (Å²) in [5.41, 5.74) is 0.458. The molecule has 28 heavy (non-hydrogen) atoms. The van der Waals surface area contributed by atoms with Gasteiger partial charge in [0.1, 0.15) is 6.61 Å². The number of ether oxygens (including phenoxy) is 2. The first-order valence-corrected chi connectivity index (χ1v) is 9.96. The number of carbonyl (C=O) groups is 3. The normalized spacial score (nSPS) is 32.6. The van der Waals surface area contributed by atoms with Crippen LogP contribution in [0.3, 0.4) is 0 Å². The van der Waals surface area contributed by atoms with E-state index < -0.39 is 11.4 Å². The van der Waals surface area contributed by atoms with Crippen LogP contribution in [0.4, 0.5) is 0 Å². The van der Waals surface area contributed by atoms with E-state index in [1.54, 1.807) is 25.1 Å². The van der Waals surface area contributed by atoms with Crippen LogP contribution in [-0.4, -0.2) is 30.5 Å². The maximum Gasteiger partial charge on any atom is 0.337 e. The van der Waals surface area contributed by atoms with Crippen LogP contribution in [0.2, 0.25) is 0 Å². The first kappa shape index (κ1) is 19.0. The van der Waals surface area contributed by atoms with Gasteiger partial charge in [0, 0.05) is 12.5 Å². The van der Waals surface area contributed by atoms with Crippen molar-refractivity contribution in [3.8, 4) is 0 Å². The van der Waals surface area contributed by atoms with Crippen LogP contribution in [0.15, 0.2) is 24.3 Å². The van der Waals surface area contributed by atoms with Gasteiger partial charge in [0.2, 0.25) is 5.91 Å². The van der Waals surface area contributed by atoms with Gasteiger partial charge in [-0.05, 0) is 68.1 Å². The Morgan fingerprint density at radius 3 is 2.50 bits per heavy atom. The Hall–Kier alpha value is -2.37. The SMILES string of the molecule is COC(=O)c1cccc(COC(=O)C23C[C@H]4C[C@@H](CC(NC(C)=O)(C4)C2)C3)c1. The molecule has 0 heterocycles. The summed E-state index contributed by atoms with van der Waals surface area (Å²) in [4.78, 5) is 36.6. The smallest absolute Gasteiger partial charge is 0.337 e. The number of hydrogen-bond donors (Lipinski definition) is 1. The molecule has 6 nitrogen and oxygen atoms in total. The highest BCUT2D eigenvalue weighted by Crippen LogP contribution is 2.62. The molecule has 4 saturated carbocycles. The Morgan fingerprint density at radius 2 is 1.86 bits per heavy atom. The van der Waals surface area contributed by atoms with Crippen LogP contribution in [0.5, 0.6) is 0 Å². The molecule has 0 aliphatic heterocycles. The molecule has 4 bridgehead atoms. The lowest BCUT2D eigenvalue weighted by Gasteiger charge is -2.60. The molecule has 5 rings (SSSR count). The number of carbonyl (C=O) groups excluding carboxylic acids is 3. The van der Waals surface area contributed by atoms with E-state index >= 15 is 0 Å². The summed E-state index contributed by atoms with van der Waals surface area (Å²) in [7, 11) is 1.34. The average Bonchev–Trinajstić information content (AvgIpc) is 2.63. The van der Waals surface area contributed by atoms with Crippen molar-refractivity contribution in [1.82, 2.24) is 5.32 Å². The molecule has 1 amide bonds. The van der Waals surface area contributed by atoms with Crippen LogP contribution in [0.1, 0.15) is 61.4 Å². The maximum absolute atomic E-state index is 13.1. The van der Waals surface area contributed by atoms with Gasteiger partial charge in [-0.15, -0.1) is 0 Å². The van der Waals surface area contributed by atoms with Gasteiger partial charge in [-0.2, -0.15) is 0 Å². The molecule has 0 saturated heterocycles. The van der Waals surface area contributed by atoms with Gasteiger partial charge in [0.25, 0.3) is 0 Å². The van der Waals surface area contributed by atoms with Crippen LogP contribution in [0.25, 0.3) is 0 Å². The Kier molecular flexibility index (Phi) is 4.68. The van der Waals surface area contributed by atoms with E-state index in [-0.39, 0.29) is 24.0 Å². The van der Waals surface area contributed by atoms with Gasteiger partial charge in [-0.25, -0.2) is 4.79 Å². The third-order valence-electron chi connectivity index (χ3n) is 6.65. The molecule has 1 aromatic rings. The molecule has 4 aliphatic rings. The minimum absolute atomic E-state index is 0.0231. The molecule has 150 valence electrons. The third kappa shape index (κ3) is 3.40. The van der Waals surface area contributed by atoms with Crippen molar-refractivity contribution in [1.29, 1.82) is 0 Å². The quantitative estimate of drug-likeness (QED) is 0.788. The summed E-state index contributed by atoms with van der Waals surface area (Å²) in [5, 5.41) is 3.17. The highest BCUT2D eigenvalue weighted by Gasteiger charge is 2.61. The molecule has 6 heteroatoms. The van der Waals surface area contributed by atoms with Crippen molar-refractivity contribution >= 4 is 17.8 Å². The van der Waals surface area contributed by atoms with Crippen LogP contribution in [-0.2, 0) is 25.7 Å². The molecule has 4 aliphatic carbocycles. The second-order valence-electron chi connectivity index (χ2n) is 8.97. The standard InChI is InChI=1S/C22H27NO5/c1-14(24)23-22-10-16-6-17(11-22)9-21(8-16,13-22)20(26)28-12-15-4-3-5-18(7-15)19(25)27-2/h3-5,7,16-17H,6,8-13H2,1-2H3,(H,23,24)/t16-,17-,21?,22?/m1/s1. The molecule has 0 spiro atoms. The van der Waals surface area contributed by atoms with E-state index in [0.29, 0.717) is 23.8 Å². The van der Waals surface area contributed by atoms with E-state index in [2.05, 4.69) is 5.32 Å². The van der Waals surface area contributed by atoms with Crippen LogP contribution < -0.4 is 5.32 Å². The number of hydrogen-bond acceptors (Lipinski definition) is 5. The van der Waals surface area contributed by atoms with Crippen molar-refractivity contribution in [3.63, 3.8) is 0 Å². The van der Waals surface area contributed by atoms with Gasteiger partial charge in [-0.3, -0.25) is 9.59 Å². The molecule has 0 radical (unpaired) electrons. The van der Waals surface area contributed by atoms with Crippen molar-refractivity contribution in [2.45, 2.75) is 57.6 Å². The summed E-state index contributed by atoms with van der Waals surface area (Å²) >= 11 is 0. The van der Waals surface area contributed by atoms with E-state index in [9.17, 15) is 14.4 Å². The van der Waals surface area contributed by atoms with Gasteiger partial charge in [-0.1, -0.05) is 12.1 Å². The number of rotatable bonds is 5. The lowest BCUT2D eigenvalue weighted by atomic mass is 9.47. The van der Waals surface area contributed by atoms with E-state index in [1.807, 2.05) is 6.07 Å². The maximum atomic E-state index is 13.1. The molecule has 1 aromatic carbocycles. The van der Waals surface area contributed by atoms with Crippen LogP contribution >= 0.6 is 0 Å². The second kappa shape index (κ2) is 6.90. The van der Waals surface area contributed by atoms with E-state index in [1.165, 1.54) is 7.11 Å².